The van der Waals surface area contributed by atoms with Crippen LogP contribution in [0, 0.1) is 12.8 Å². The fourth-order valence-electron chi connectivity index (χ4n) is 2.47. The first-order valence-corrected chi connectivity index (χ1v) is 8.10. The Hall–Kier alpha value is -0.910. The molecule has 1 aromatic rings. The second kappa shape index (κ2) is 7.20. The average molecular weight is 296 g/mol. The van der Waals surface area contributed by atoms with Gasteiger partial charge in [0.15, 0.2) is 0 Å². The minimum absolute atomic E-state index is 0.0492. The van der Waals surface area contributed by atoms with Crippen LogP contribution < -0.4 is 5.32 Å². The molecule has 1 aliphatic rings. The molecule has 20 heavy (non-hydrogen) atoms. The maximum atomic E-state index is 12.6. The first-order chi connectivity index (χ1) is 9.63. The van der Waals surface area contributed by atoms with Crippen molar-refractivity contribution in [3.05, 3.63) is 21.9 Å². The molecule has 0 bridgehead atoms. The predicted molar refractivity (Wildman–Crippen MR) is 81.9 cm³/mol. The van der Waals surface area contributed by atoms with Crippen LogP contribution in [-0.2, 0) is 16.1 Å². The van der Waals surface area contributed by atoms with E-state index in [4.69, 9.17) is 4.74 Å². The van der Waals surface area contributed by atoms with Gasteiger partial charge in [-0.15, -0.1) is 11.3 Å². The monoisotopic (exact) mass is 296 g/mol. The van der Waals surface area contributed by atoms with Gasteiger partial charge >= 0.3 is 0 Å². The van der Waals surface area contributed by atoms with E-state index >= 15 is 0 Å². The molecule has 5 heteroatoms. The molecule has 2 unspecified atom stereocenters. The van der Waals surface area contributed by atoms with E-state index in [2.05, 4.69) is 30.6 Å². The van der Waals surface area contributed by atoms with Crippen molar-refractivity contribution >= 4 is 17.2 Å². The second-order valence-corrected chi connectivity index (χ2v) is 6.43. The molecule has 1 N–H and O–H groups in total. The Kier molecular flexibility index (Phi) is 5.57. The molecular formula is C15H24N2O2S. The van der Waals surface area contributed by atoms with Crippen molar-refractivity contribution in [1.82, 2.24) is 10.2 Å². The number of hydrogen-bond acceptors (Lipinski definition) is 4. The molecule has 0 saturated carbocycles. The standard InChI is InChI=1S/C15H24N2O2S/c1-4-6-16-13-10-19-9-12(13)15(18)17(3)8-14-11(2)5-7-20-14/h5,7,12-13,16H,4,6,8-10H2,1-3H3. The summed E-state index contributed by atoms with van der Waals surface area (Å²) in [5.74, 6) is 0.135. The summed E-state index contributed by atoms with van der Waals surface area (Å²) in [6.45, 7) is 7.03. The molecule has 0 aromatic carbocycles. The van der Waals surface area contributed by atoms with Gasteiger partial charge in [-0.05, 0) is 36.9 Å². The number of carbonyl (C=O) groups excluding carboxylic acids is 1. The van der Waals surface area contributed by atoms with E-state index in [1.165, 1.54) is 10.4 Å². The van der Waals surface area contributed by atoms with Gasteiger partial charge in [0.25, 0.3) is 0 Å². The summed E-state index contributed by atoms with van der Waals surface area (Å²) in [6.07, 6.45) is 1.07. The Labute approximate surface area is 125 Å². The van der Waals surface area contributed by atoms with Crippen LogP contribution in [0.1, 0.15) is 23.8 Å². The van der Waals surface area contributed by atoms with Gasteiger partial charge in [0.05, 0.1) is 25.7 Å². The molecule has 2 atom stereocenters. The van der Waals surface area contributed by atoms with E-state index in [0.717, 1.165) is 13.0 Å². The molecule has 0 radical (unpaired) electrons. The molecule has 0 spiro atoms. The van der Waals surface area contributed by atoms with Crippen LogP contribution in [0.3, 0.4) is 0 Å². The predicted octanol–water partition coefficient (Wildman–Crippen LogP) is 2.03. The quantitative estimate of drug-likeness (QED) is 0.873. The Morgan fingerprint density at radius 2 is 2.35 bits per heavy atom. The minimum atomic E-state index is -0.0492. The minimum Gasteiger partial charge on any atom is -0.379 e. The summed E-state index contributed by atoms with van der Waals surface area (Å²) in [7, 11) is 1.89. The highest BCUT2D eigenvalue weighted by molar-refractivity contribution is 7.10. The number of thiophene rings is 1. The van der Waals surface area contributed by atoms with E-state index in [-0.39, 0.29) is 17.9 Å². The number of nitrogens with zero attached hydrogens (tertiary/aromatic N) is 1. The number of carbonyl (C=O) groups is 1. The molecule has 1 aromatic heterocycles. The molecule has 0 aliphatic carbocycles. The lowest BCUT2D eigenvalue weighted by molar-refractivity contribution is -0.135. The molecule has 1 fully saturated rings. The van der Waals surface area contributed by atoms with E-state index in [9.17, 15) is 4.79 Å². The first-order valence-electron chi connectivity index (χ1n) is 7.22. The van der Waals surface area contributed by atoms with Crippen LogP contribution >= 0.6 is 11.3 Å². The van der Waals surface area contributed by atoms with Crippen LogP contribution in [0.15, 0.2) is 11.4 Å². The van der Waals surface area contributed by atoms with Crippen molar-refractivity contribution in [3.63, 3.8) is 0 Å². The van der Waals surface area contributed by atoms with E-state index in [1.807, 2.05) is 11.9 Å². The summed E-state index contributed by atoms with van der Waals surface area (Å²) >= 11 is 1.71. The van der Waals surface area contributed by atoms with Crippen molar-refractivity contribution in [1.29, 1.82) is 0 Å². The molecule has 4 nitrogen and oxygen atoms in total. The Morgan fingerprint density at radius 3 is 3.00 bits per heavy atom. The van der Waals surface area contributed by atoms with Gasteiger partial charge < -0.3 is 15.0 Å². The molecular weight excluding hydrogens is 272 g/mol. The summed E-state index contributed by atoms with van der Waals surface area (Å²) in [6, 6.07) is 2.26. The zero-order valence-electron chi connectivity index (χ0n) is 12.5. The van der Waals surface area contributed by atoms with Crippen molar-refractivity contribution < 1.29 is 9.53 Å². The van der Waals surface area contributed by atoms with Crippen molar-refractivity contribution in [3.8, 4) is 0 Å². The third kappa shape index (κ3) is 3.59. The Morgan fingerprint density at radius 1 is 1.55 bits per heavy atom. The van der Waals surface area contributed by atoms with Crippen molar-refractivity contribution in [2.24, 2.45) is 5.92 Å². The van der Waals surface area contributed by atoms with E-state index < -0.39 is 0 Å². The molecule has 1 aliphatic heterocycles. The van der Waals surface area contributed by atoms with E-state index in [0.29, 0.717) is 19.8 Å². The number of hydrogen-bond donors (Lipinski definition) is 1. The van der Waals surface area contributed by atoms with Gasteiger partial charge in [0.2, 0.25) is 5.91 Å². The molecule has 2 rings (SSSR count). The smallest absolute Gasteiger partial charge is 0.229 e. The lowest BCUT2D eigenvalue weighted by Gasteiger charge is -2.24. The summed E-state index contributed by atoms with van der Waals surface area (Å²) in [5, 5.41) is 5.49. The van der Waals surface area contributed by atoms with Crippen LogP contribution in [0.2, 0.25) is 0 Å². The third-order valence-electron chi connectivity index (χ3n) is 3.78. The first kappa shape index (κ1) is 15.5. The van der Waals surface area contributed by atoms with Gasteiger partial charge in [0, 0.05) is 18.0 Å². The van der Waals surface area contributed by atoms with Crippen molar-refractivity contribution in [2.75, 3.05) is 26.8 Å². The highest BCUT2D eigenvalue weighted by Gasteiger charge is 2.35. The zero-order valence-corrected chi connectivity index (χ0v) is 13.3. The van der Waals surface area contributed by atoms with Crippen molar-refractivity contribution in [2.45, 2.75) is 32.9 Å². The number of aryl methyl sites for hydroxylation is 1. The number of nitrogens with one attached hydrogen (secondary N) is 1. The maximum absolute atomic E-state index is 12.6. The average Bonchev–Trinajstić information content (AvgIpc) is 3.05. The fraction of sp³-hybridized carbons (Fsp3) is 0.667. The van der Waals surface area contributed by atoms with Crippen LogP contribution in [0.4, 0.5) is 0 Å². The largest absolute Gasteiger partial charge is 0.379 e. The van der Waals surface area contributed by atoms with Gasteiger partial charge in [-0.25, -0.2) is 0 Å². The fourth-order valence-corrected chi connectivity index (χ4v) is 3.43. The van der Waals surface area contributed by atoms with Crippen LogP contribution in [0.5, 0.6) is 0 Å². The van der Waals surface area contributed by atoms with Crippen LogP contribution in [0.25, 0.3) is 0 Å². The van der Waals surface area contributed by atoms with Gasteiger partial charge in [-0.3, -0.25) is 4.79 Å². The van der Waals surface area contributed by atoms with Crippen LogP contribution in [-0.4, -0.2) is 43.7 Å². The van der Waals surface area contributed by atoms with Gasteiger partial charge in [-0.2, -0.15) is 0 Å². The normalized spacial score (nSPS) is 22.1. The number of rotatable bonds is 6. The SMILES string of the molecule is CCCNC1COCC1C(=O)N(C)Cc1sccc1C. The lowest BCUT2D eigenvalue weighted by atomic mass is 10.0. The topological polar surface area (TPSA) is 41.6 Å². The summed E-state index contributed by atoms with van der Waals surface area (Å²) in [4.78, 5) is 15.7. The molecule has 2 heterocycles. The number of amides is 1. The van der Waals surface area contributed by atoms with E-state index in [1.54, 1.807) is 11.3 Å². The highest BCUT2D eigenvalue weighted by atomic mass is 32.1. The lowest BCUT2D eigenvalue weighted by Crippen LogP contribution is -2.44. The zero-order chi connectivity index (χ0) is 14.5. The maximum Gasteiger partial charge on any atom is 0.229 e. The summed E-state index contributed by atoms with van der Waals surface area (Å²) in [5.41, 5.74) is 1.26. The molecule has 1 amide bonds. The molecule has 112 valence electrons. The third-order valence-corrected chi connectivity index (χ3v) is 4.79. The Bertz CT molecular complexity index is 447. The Balaban J connectivity index is 1.93. The van der Waals surface area contributed by atoms with Gasteiger partial charge in [0.1, 0.15) is 0 Å². The second-order valence-electron chi connectivity index (χ2n) is 5.43. The number of ether oxygens (including phenoxy) is 1. The molecule has 1 saturated heterocycles. The van der Waals surface area contributed by atoms with Gasteiger partial charge in [-0.1, -0.05) is 6.92 Å². The highest BCUT2D eigenvalue weighted by Crippen LogP contribution is 2.21. The summed E-state index contributed by atoms with van der Waals surface area (Å²) < 4.78 is 5.49.